The van der Waals surface area contributed by atoms with E-state index in [1.807, 2.05) is 38.1 Å². The van der Waals surface area contributed by atoms with Gasteiger partial charge in [-0.25, -0.2) is 4.98 Å². The molecule has 0 aliphatic rings. The maximum Gasteiger partial charge on any atom is 0.254 e. The highest BCUT2D eigenvalue weighted by molar-refractivity contribution is 5.83. The normalized spacial score (nSPS) is 12.6. The van der Waals surface area contributed by atoms with E-state index >= 15 is 0 Å². The number of anilines is 1. The van der Waals surface area contributed by atoms with E-state index < -0.39 is 0 Å². The Morgan fingerprint density at radius 1 is 1.26 bits per heavy atom. The lowest BCUT2D eigenvalue weighted by molar-refractivity contribution is 0.181. The van der Waals surface area contributed by atoms with Crippen LogP contribution in [0.25, 0.3) is 16.7 Å². The number of aromatic nitrogens is 4. The van der Waals surface area contributed by atoms with Crippen LogP contribution in [0.3, 0.4) is 0 Å². The molecule has 140 valence electrons. The highest BCUT2D eigenvalue weighted by atomic mass is 16.5. The van der Waals surface area contributed by atoms with Crippen LogP contribution >= 0.6 is 0 Å². The lowest BCUT2D eigenvalue weighted by Gasteiger charge is -2.15. The van der Waals surface area contributed by atoms with E-state index in [4.69, 9.17) is 13.9 Å². The number of fused-ring (bicyclic) bond motifs is 2. The first kappa shape index (κ1) is 17.3. The molecule has 1 N–H and O–H groups in total. The first-order valence-corrected chi connectivity index (χ1v) is 8.63. The first-order chi connectivity index (χ1) is 13.1. The molecule has 4 aromatic rings. The number of hydrogen-bond donors (Lipinski definition) is 1. The zero-order valence-electron chi connectivity index (χ0n) is 15.7. The average molecular weight is 367 g/mol. The summed E-state index contributed by atoms with van der Waals surface area (Å²) in [6.45, 7) is 4.49. The molecule has 0 radical (unpaired) electrons. The maximum absolute atomic E-state index is 6.10. The standard InChI is InChI=1S/C19H21N5O3/c1-11-15-8-14(26-4)5-6-16(15)27-18(11)12(2)22-17-7-13(9-25-3)23-19-20-10-21-24(17)19/h5-8,10,12,22H,9H2,1-4H3. The van der Waals surface area contributed by atoms with E-state index in [0.717, 1.165) is 39.6 Å². The second kappa shape index (κ2) is 6.88. The summed E-state index contributed by atoms with van der Waals surface area (Å²) < 4.78 is 18.3. The molecular formula is C19H21N5O3. The molecule has 0 aliphatic heterocycles. The lowest BCUT2D eigenvalue weighted by atomic mass is 10.1. The summed E-state index contributed by atoms with van der Waals surface area (Å²) in [5.41, 5.74) is 2.68. The molecule has 0 bridgehead atoms. The van der Waals surface area contributed by atoms with Crippen molar-refractivity contribution < 1.29 is 13.9 Å². The molecule has 1 aromatic carbocycles. The summed E-state index contributed by atoms with van der Waals surface area (Å²) in [7, 11) is 3.30. The SMILES string of the molecule is COCc1cc(NC(C)c2oc3ccc(OC)cc3c2C)n2ncnc2n1. The van der Waals surface area contributed by atoms with Crippen LogP contribution in [-0.4, -0.2) is 33.8 Å². The number of furan rings is 1. The monoisotopic (exact) mass is 367 g/mol. The molecule has 8 heteroatoms. The largest absolute Gasteiger partial charge is 0.497 e. The summed E-state index contributed by atoms with van der Waals surface area (Å²) in [5, 5.41) is 8.74. The van der Waals surface area contributed by atoms with Crippen LogP contribution in [0.5, 0.6) is 5.75 Å². The number of ether oxygens (including phenoxy) is 2. The average Bonchev–Trinajstić information content (AvgIpc) is 3.26. The molecule has 0 fully saturated rings. The van der Waals surface area contributed by atoms with Crippen molar-refractivity contribution in [3.05, 3.63) is 47.6 Å². The second-order valence-corrected chi connectivity index (χ2v) is 6.36. The summed E-state index contributed by atoms with van der Waals surface area (Å²) in [4.78, 5) is 8.61. The van der Waals surface area contributed by atoms with Gasteiger partial charge in [-0.15, -0.1) is 0 Å². The number of rotatable bonds is 6. The van der Waals surface area contributed by atoms with E-state index in [1.54, 1.807) is 18.7 Å². The smallest absolute Gasteiger partial charge is 0.254 e. The van der Waals surface area contributed by atoms with Gasteiger partial charge in [0.15, 0.2) is 0 Å². The van der Waals surface area contributed by atoms with Crippen molar-refractivity contribution in [3.63, 3.8) is 0 Å². The fourth-order valence-corrected chi connectivity index (χ4v) is 3.23. The van der Waals surface area contributed by atoms with Gasteiger partial charge in [0.2, 0.25) is 0 Å². The van der Waals surface area contributed by atoms with Gasteiger partial charge in [0.05, 0.1) is 25.5 Å². The molecule has 0 amide bonds. The number of nitrogens with zero attached hydrogens (tertiary/aromatic N) is 4. The topological polar surface area (TPSA) is 86.7 Å². The Kier molecular flexibility index (Phi) is 4.41. The van der Waals surface area contributed by atoms with Crippen LogP contribution in [0.2, 0.25) is 0 Å². The van der Waals surface area contributed by atoms with Crippen LogP contribution in [0.15, 0.2) is 35.0 Å². The number of aryl methyl sites for hydroxylation is 1. The van der Waals surface area contributed by atoms with Crippen LogP contribution in [-0.2, 0) is 11.3 Å². The zero-order chi connectivity index (χ0) is 19.0. The van der Waals surface area contributed by atoms with Crippen LogP contribution < -0.4 is 10.1 Å². The third-order valence-electron chi connectivity index (χ3n) is 4.54. The number of nitrogens with one attached hydrogen (secondary N) is 1. The van der Waals surface area contributed by atoms with Crippen molar-refractivity contribution >= 4 is 22.6 Å². The minimum absolute atomic E-state index is 0.0893. The van der Waals surface area contributed by atoms with Gasteiger partial charge in [-0.3, -0.25) is 0 Å². The molecule has 27 heavy (non-hydrogen) atoms. The first-order valence-electron chi connectivity index (χ1n) is 8.63. The summed E-state index contributed by atoms with van der Waals surface area (Å²) >= 11 is 0. The molecule has 1 unspecified atom stereocenters. The Balaban J connectivity index is 1.71. The fraction of sp³-hybridized carbons (Fsp3) is 0.316. The third-order valence-corrected chi connectivity index (χ3v) is 4.54. The van der Waals surface area contributed by atoms with Crippen LogP contribution in [0.1, 0.15) is 30.0 Å². The summed E-state index contributed by atoms with van der Waals surface area (Å²) in [6, 6.07) is 7.63. The lowest BCUT2D eigenvalue weighted by Crippen LogP contribution is -2.12. The van der Waals surface area contributed by atoms with E-state index in [-0.39, 0.29) is 6.04 Å². The Morgan fingerprint density at radius 2 is 2.11 bits per heavy atom. The van der Waals surface area contributed by atoms with Gasteiger partial charge in [-0.05, 0) is 32.0 Å². The molecule has 0 saturated heterocycles. The molecular weight excluding hydrogens is 346 g/mol. The summed E-state index contributed by atoms with van der Waals surface area (Å²) in [6.07, 6.45) is 1.48. The fourth-order valence-electron chi connectivity index (χ4n) is 3.23. The molecule has 0 saturated carbocycles. The van der Waals surface area contributed by atoms with Crippen molar-refractivity contribution in [2.75, 3.05) is 19.5 Å². The number of benzene rings is 1. The molecule has 8 nitrogen and oxygen atoms in total. The van der Waals surface area contributed by atoms with Gasteiger partial charge >= 0.3 is 0 Å². The van der Waals surface area contributed by atoms with E-state index in [0.29, 0.717) is 12.4 Å². The quantitative estimate of drug-likeness (QED) is 0.558. The van der Waals surface area contributed by atoms with Gasteiger partial charge in [0.25, 0.3) is 5.78 Å². The third kappa shape index (κ3) is 3.08. The van der Waals surface area contributed by atoms with Crippen LogP contribution in [0, 0.1) is 6.92 Å². The van der Waals surface area contributed by atoms with Gasteiger partial charge in [0, 0.05) is 24.1 Å². The molecule has 0 aliphatic carbocycles. The van der Waals surface area contributed by atoms with Crippen molar-refractivity contribution in [2.24, 2.45) is 0 Å². The highest BCUT2D eigenvalue weighted by Crippen LogP contribution is 2.33. The van der Waals surface area contributed by atoms with Gasteiger partial charge < -0.3 is 19.2 Å². The number of methoxy groups -OCH3 is 2. The Bertz CT molecular complexity index is 1100. The van der Waals surface area contributed by atoms with Crippen molar-refractivity contribution in [1.29, 1.82) is 0 Å². The second-order valence-electron chi connectivity index (χ2n) is 6.36. The predicted molar refractivity (Wildman–Crippen MR) is 101 cm³/mol. The van der Waals surface area contributed by atoms with Crippen molar-refractivity contribution in [1.82, 2.24) is 19.6 Å². The van der Waals surface area contributed by atoms with E-state index in [9.17, 15) is 0 Å². The van der Waals surface area contributed by atoms with Gasteiger partial charge in [-0.2, -0.15) is 14.6 Å². The minimum atomic E-state index is -0.0893. The molecule has 4 rings (SSSR count). The van der Waals surface area contributed by atoms with Gasteiger partial charge in [0.1, 0.15) is 29.2 Å². The predicted octanol–water partition coefficient (Wildman–Crippen LogP) is 3.51. The minimum Gasteiger partial charge on any atom is -0.497 e. The maximum atomic E-state index is 6.10. The van der Waals surface area contributed by atoms with E-state index in [1.165, 1.54) is 6.33 Å². The highest BCUT2D eigenvalue weighted by Gasteiger charge is 2.19. The van der Waals surface area contributed by atoms with Gasteiger partial charge in [-0.1, -0.05) is 0 Å². The number of hydrogen-bond acceptors (Lipinski definition) is 7. The van der Waals surface area contributed by atoms with Crippen molar-refractivity contribution in [3.8, 4) is 5.75 Å². The molecule has 0 spiro atoms. The van der Waals surface area contributed by atoms with E-state index in [2.05, 4.69) is 20.4 Å². The zero-order valence-corrected chi connectivity index (χ0v) is 15.7. The Morgan fingerprint density at radius 3 is 2.89 bits per heavy atom. The summed E-state index contributed by atoms with van der Waals surface area (Å²) in [5.74, 6) is 2.96. The Hall–Kier alpha value is -3.13. The Labute approximate surface area is 156 Å². The molecule has 1 atom stereocenters. The van der Waals surface area contributed by atoms with Crippen molar-refractivity contribution in [2.45, 2.75) is 26.5 Å². The molecule has 3 aromatic heterocycles. The van der Waals surface area contributed by atoms with Crippen LogP contribution in [0.4, 0.5) is 5.82 Å². The molecule has 3 heterocycles.